The van der Waals surface area contributed by atoms with Crippen molar-refractivity contribution in [3.05, 3.63) is 484 Å². The van der Waals surface area contributed by atoms with Crippen LogP contribution in [0.3, 0.4) is 0 Å². The maximum absolute atomic E-state index is 4.85. The van der Waals surface area contributed by atoms with Gasteiger partial charge >= 0.3 is 0 Å². The Morgan fingerprint density at radius 3 is 0.911 bits per heavy atom. The number of rotatable bonds is 9. The van der Waals surface area contributed by atoms with Gasteiger partial charge in [0.05, 0.1) is 49.7 Å². The van der Waals surface area contributed by atoms with Crippen molar-refractivity contribution in [2.45, 2.75) is 38.5 Å². The standard InChI is InChI=1S/C46H32N2.C43H28N2.C40H28N2/c1-46(2)40-16-7-6-14-36(40)37-27-39-38-26-33(35-15-8-12-31-17-18-32-13-9-25-47-45(32)44(31)35)21-24-42(38)48(43(39)28-41(37)46)34-22-19-30(20-23-34)29-10-4-3-5-11-29;1-3-11-29(12-4-1)34-25-35(30-13-5-2-6-14-30)27-36(26-34)45-40-19-8-7-17-38(40)39-28-33(22-23-41(39)45)37-18-9-15-31-20-21-32-16-10-24-44-43(32)42(31)37;1-40(2)34-16-7-6-14-30(34)31-23-33-32-22-27(29-15-8-10-25-17-18-26-11-9-21-41-39(26)38(25)29)19-20-36(32)42(37(33)24-35(31)40)28-12-4-3-5-13-28/h3-28H,1-2H3;1-28H;3-24H,1-2H3. The Hall–Kier alpha value is -17.2. The Balaban J connectivity index is 0.000000106. The predicted molar refractivity (Wildman–Crippen MR) is 569 cm³/mol. The summed E-state index contributed by atoms with van der Waals surface area (Å²) < 4.78 is 7.32. The second kappa shape index (κ2) is 31.3. The molecule has 0 unspecified atom stereocenters. The monoisotopic (exact) mass is 1720 g/mol. The minimum absolute atomic E-state index is 0.0553. The quantitative estimate of drug-likeness (QED) is 0.135. The topological polar surface area (TPSA) is 53.5 Å². The molecule has 0 amide bonds. The van der Waals surface area contributed by atoms with E-state index < -0.39 is 0 Å². The number of pyridine rings is 3. The Labute approximate surface area is 781 Å². The lowest BCUT2D eigenvalue weighted by atomic mass is 9.82. The summed E-state index contributed by atoms with van der Waals surface area (Å²) in [6.45, 7) is 9.44. The van der Waals surface area contributed by atoms with Crippen LogP contribution in [0, 0.1) is 0 Å². The van der Waals surface area contributed by atoms with Crippen molar-refractivity contribution in [2.75, 3.05) is 0 Å². The Bertz CT molecular complexity index is 9290. The molecule has 135 heavy (non-hydrogen) atoms. The molecule has 0 fully saturated rings. The molecule has 0 atom stereocenters. The number of hydrogen-bond acceptors (Lipinski definition) is 3. The number of para-hydroxylation sites is 2. The van der Waals surface area contributed by atoms with Crippen LogP contribution in [0.1, 0.15) is 49.9 Å². The summed E-state index contributed by atoms with van der Waals surface area (Å²) in [6, 6.07) is 161. The number of hydrogen-bond donors (Lipinski definition) is 0. The van der Waals surface area contributed by atoms with Crippen molar-refractivity contribution in [1.29, 1.82) is 0 Å². The maximum atomic E-state index is 4.85. The van der Waals surface area contributed by atoms with Gasteiger partial charge in [-0.25, -0.2) is 0 Å². The van der Waals surface area contributed by atoms with Crippen molar-refractivity contribution >= 4 is 130 Å². The molecule has 0 radical (unpaired) electrons. The smallest absolute Gasteiger partial charge is 0.0786 e. The van der Waals surface area contributed by atoms with E-state index >= 15 is 0 Å². The zero-order valence-electron chi connectivity index (χ0n) is 75.1. The van der Waals surface area contributed by atoms with Crippen molar-refractivity contribution in [1.82, 2.24) is 28.7 Å². The third-order valence-corrected chi connectivity index (χ3v) is 29.0. The highest BCUT2D eigenvalue weighted by molar-refractivity contribution is 6.20. The van der Waals surface area contributed by atoms with Gasteiger partial charge in [0.15, 0.2) is 0 Å². The fourth-order valence-corrected chi connectivity index (χ4v) is 22.5. The van der Waals surface area contributed by atoms with Crippen molar-refractivity contribution < 1.29 is 0 Å². The van der Waals surface area contributed by atoms with Gasteiger partial charge in [0, 0.05) is 111 Å². The fraction of sp³-hybridized carbons (Fsp3) is 0.0465. The molecule has 28 rings (SSSR count). The van der Waals surface area contributed by atoms with Gasteiger partial charge in [-0.3, -0.25) is 15.0 Å². The van der Waals surface area contributed by atoms with Gasteiger partial charge in [-0.2, -0.15) is 0 Å². The lowest BCUT2D eigenvalue weighted by molar-refractivity contribution is 0.661. The molecule has 0 saturated carbocycles. The SMILES string of the molecule is CC1(C)c2ccccc2-c2cc3c4cc(-c5cccc6ccc7cccnc7c56)ccc4n(-c4ccc(-c5ccccc5)cc4)c3cc21.CC1(C)c2ccccc2-c2cc3c4cc(-c5cccc6ccc7cccnc7c56)ccc4n(-c4ccccc4)c3cc21.c1ccc(-c2cc(-c3ccccc3)cc(-n3c4ccccc4c4cc(-c5cccc6ccc7cccnc7c56)ccc43)c2)cc1. The summed E-state index contributed by atoms with van der Waals surface area (Å²) in [4.78, 5) is 14.5. The van der Waals surface area contributed by atoms with Crippen LogP contribution in [-0.4, -0.2) is 28.7 Å². The second-order valence-corrected chi connectivity index (χ2v) is 37.3. The molecule has 2 aliphatic carbocycles. The van der Waals surface area contributed by atoms with Crippen LogP contribution < -0.4 is 0 Å². The van der Waals surface area contributed by atoms with E-state index in [0.29, 0.717) is 0 Å². The van der Waals surface area contributed by atoms with E-state index in [0.717, 1.165) is 44.1 Å². The van der Waals surface area contributed by atoms with Crippen molar-refractivity contribution in [3.63, 3.8) is 0 Å². The largest absolute Gasteiger partial charge is 0.309 e. The molecule has 6 heterocycles. The first-order valence-electron chi connectivity index (χ1n) is 46.7. The third kappa shape index (κ3) is 12.8. The highest BCUT2D eigenvalue weighted by Gasteiger charge is 2.38. The van der Waals surface area contributed by atoms with Crippen molar-refractivity contribution in [2.24, 2.45) is 0 Å². The zero-order chi connectivity index (χ0) is 89.7. The average Bonchev–Trinajstić information content (AvgIpc) is 1.55. The Morgan fingerprint density at radius 2 is 0.481 bits per heavy atom. The maximum Gasteiger partial charge on any atom is 0.0786 e. The van der Waals surface area contributed by atoms with E-state index in [2.05, 4.69) is 466 Å². The third-order valence-electron chi connectivity index (χ3n) is 29.0. The first-order chi connectivity index (χ1) is 66.5. The van der Waals surface area contributed by atoms with Gasteiger partial charge in [-0.15, -0.1) is 0 Å². The van der Waals surface area contributed by atoms with Crippen LogP contribution >= 0.6 is 0 Å². The number of nitrogens with zero attached hydrogens (tertiary/aromatic N) is 6. The average molecular weight is 1720 g/mol. The molecule has 0 aliphatic heterocycles. The number of aromatic nitrogens is 6. The second-order valence-electron chi connectivity index (χ2n) is 37.3. The predicted octanol–water partition coefficient (Wildman–Crippen LogP) is 34.1. The van der Waals surface area contributed by atoms with E-state index in [1.54, 1.807) is 0 Å². The van der Waals surface area contributed by atoms with Gasteiger partial charge in [0.1, 0.15) is 0 Å². The molecular formula is C129H88N6. The minimum atomic E-state index is -0.0826. The Morgan fingerprint density at radius 1 is 0.170 bits per heavy atom. The normalized spacial score (nSPS) is 12.9. The van der Waals surface area contributed by atoms with E-state index in [9.17, 15) is 0 Å². The van der Waals surface area contributed by atoms with Crippen LogP contribution in [0.25, 0.3) is 237 Å². The van der Waals surface area contributed by atoms with Gasteiger partial charge in [-0.05, 0) is 255 Å². The van der Waals surface area contributed by atoms with Crippen LogP contribution in [0.5, 0.6) is 0 Å². The first kappa shape index (κ1) is 78.8. The summed E-state index contributed by atoms with van der Waals surface area (Å²) in [5, 5.41) is 18.2. The molecule has 20 aromatic carbocycles. The van der Waals surface area contributed by atoms with E-state index in [1.807, 2.05) is 36.8 Å². The summed E-state index contributed by atoms with van der Waals surface area (Å²) in [7, 11) is 0. The Kier molecular flexibility index (Phi) is 18.3. The van der Waals surface area contributed by atoms with Crippen LogP contribution in [0.2, 0.25) is 0 Å². The van der Waals surface area contributed by atoms with Gasteiger partial charge < -0.3 is 13.7 Å². The molecule has 6 aromatic heterocycles. The van der Waals surface area contributed by atoms with E-state index in [4.69, 9.17) is 15.0 Å². The summed E-state index contributed by atoms with van der Waals surface area (Å²) in [5.74, 6) is 0. The van der Waals surface area contributed by atoms with E-state index in [-0.39, 0.29) is 10.8 Å². The minimum Gasteiger partial charge on any atom is -0.309 e. The highest BCUT2D eigenvalue weighted by Crippen LogP contribution is 2.55. The van der Waals surface area contributed by atoms with Gasteiger partial charge in [0.25, 0.3) is 0 Å². The zero-order valence-corrected chi connectivity index (χ0v) is 75.1. The lowest BCUT2D eigenvalue weighted by Crippen LogP contribution is -2.14. The molecule has 6 heteroatoms. The van der Waals surface area contributed by atoms with Crippen LogP contribution in [0.4, 0.5) is 0 Å². The van der Waals surface area contributed by atoms with Crippen LogP contribution in [0.15, 0.2) is 461 Å². The van der Waals surface area contributed by atoms with Gasteiger partial charge in [-0.1, -0.05) is 343 Å². The molecule has 0 bridgehead atoms. The number of benzene rings is 20. The fourth-order valence-electron chi connectivity index (χ4n) is 22.5. The summed E-state index contributed by atoms with van der Waals surface area (Å²) >= 11 is 0. The lowest BCUT2D eigenvalue weighted by Gasteiger charge is -2.21. The molecular weight excluding hydrogens is 1630 g/mol. The van der Waals surface area contributed by atoms with Crippen LogP contribution in [-0.2, 0) is 10.8 Å². The van der Waals surface area contributed by atoms with E-state index in [1.165, 1.54) is 215 Å². The first-order valence-corrected chi connectivity index (χ1v) is 46.7. The molecule has 0 spiro atoms. The van der Waals surface area contributed by atoms with Crippen molar-refractivity contribution in [3.8, 4) is 106 Å². The molecule has 0 saturated heterocycles. The number of fused-ring (bicyclic) bond motifs is 24. The molecule has 6 nitrogen and oxygen atoms in total. The molecule has 2 aliphatic rings. The van der Waals surface area contributed by atoms with Gasteiger partial charge in [0.2, 0.25) is 0 Å². The summed E-state index contributed by atoms with van der Waals surface area (Å²) in [6.07, 6.45) is 5.69. The molecule has 634 valence electrons. The molecule has 0 N–H and O–H groups in total. The summed E-state index contributed by atoms with van der Waals surface area (Å²) in [5.41, 5.74) is 39.2. The highest BCUT2D eigenvalue weighted by atomic mass is 15.0. The molecule has 26 aromatic rings.